The number of amides is 2. The number of carbonyl (C=O) groups is 2. The molecule has 6 nitrogen and oxygen atoms in total. The first-order valence-electron chi connectivity index (χ1n) is 10.7. The molecule has 1 atom stereocenters. The minimum atomic E-state index is -0.516. The van der Waals surface area contributed by atoms with E-state index in [2.05, 4.69) is 5.10 Å². The van der Waals surface area contributed by atoms with E-state index in [9.17, 15) is 18.4 Å². The Hall–Kier alpha value is -3.13. The van der Waals surface area contributed by atoms with Crippen molar-refractivity contribution in [2.75, 3.05) is 26.8 Å². The van der Waals surface area contributed by atoms with Crippen molar-refractivity contribution >= 4 is 17.5 Å². The standard InChI is InChI=1S/C24H25F2N3O3/c1-32-13-12-28(24(31)17-6-7-17)15-23(30)29-22(16-8-10-18(25)11-9-16)14-21(27-29)19-4-2-3-5-20(19)26/h2-5,8-11,17,22H,6-7,12-15H2,1H3/t22-/m1/s1. The van der Waals surface area contributed by atoms with Gasteiger partial charge in [-0.3, -0.25) is 9.59 Å². The zero-order valence-corrected chi connectivity index (χ0v) is 17.8. The molecule has 0 bridgehead atoms. The lowest BCUT2D eigenvalue weighted by Gasteiger charge is -2.27. The van der Waals surface area contributed by atoms with Crippen molar-refractivity contribution < 1.29 is 23.1 Å². The number of methoxy groups -OCH3 is 1. The molecule has 0 saturated heterocycles. The Balaban J connectivity index is 1.61. The molecule has 2 aliphatic rings. The molecule has 2 amide bonds. The van der Waals surface area contributed by atoms with Crippen LogP contribution >= 0.6 is 0 Å². The molecule has 0 spiro atoms. The second-order valence-electron chi connectivity index (χ2n) is 8.06. The van der Waals surface area contributed by atoms with Gasteiger partial charge in [-0.05, 0) is 36.6 Å². The van der Waals surface area contributed by atoms with Gasteiger partial charge in [0.25, 0.3) is 5.91 Å². The fourth-order valence-electron chi connectivity index (χ4n) is 3.84. The second-order valence-corrected chi connectivity index (χ2v) is 8.06. The number of rotatable bonds is 8. The van der Waals surface area contributed by atoms with Crippen molar-refractivity contribution in [2.24, 2.45) is 11.0 Å². The fraction of sp³-hybridized carbons (Fsp3) is 0.375. The minimum Gasteiger partial charge on any atom is -0.383 e. The predicted octanol–water partition coefficient (Wildman–Crippen LogP) is 3.53. The van der Waals surface area contributed by atoms with Gasteiger partial charge in [-0.2, -0.15) is 5.10 Å². The summed E-state index contributed by atoms with van der Waals surface area (Å²) in [5, 5.41) is 5.75. The second kappa shape index (κ2) is 9.56. The number of benzene rings is 2. The van der Waals surface area contributed by atoms with E-state index in [1.807, 2.05) is 0 Å². The van der Waals surface area contributed by atoms with Gasteiger partial charge in [0.05, 0.1) is 18.4 Å². The summed E-state index contributed by atoms with van der Waals surface area (Å²) in [6.07, 6.45) is 1.94. The van der Waals surface area contributed by atoms with Crippen LogP contribution in [0.15, 0.2) is 53.6 Å². The Labute approximate surface area is 185 Å². The van der Waals surface area contributed by atoms with Crippen LogP contribution in [0.25, 0.3) is 0 Å². The molecule has 2 aromatic rings. The van der Waals surface area contributed by atoms with Crippen LogP contribution in [0.1, 0.15) is 36.4 Å². The normalized spacial score (nSPS) is 17.9. The van der Waals surface area contributed by atoms with E-state index in [1.54, 1.807) is 30.3 Å². The molecule has 0 aromatic heterocycles. The van der Waals surface area contributed by atoms with Gasteiger partial charge < -0.3 is 9.64 Å². The predicted molar refractivity (Wildman–Crippen MR) is 115 cm³/mol. The summed E-state index contributed by atoms with van der Waals surface area (Å²) in [5.74, 6) is -1.30. The van der Waals surface area contributed by atoms with E-state index in [4.69, 9.17) is 4.74 Å². The highest BCUT2D eigenvalue weighted by Gasteiger charge is 2.38. The molecule has 2 aromatic carbocycles. The van der Waals surface area contributed by atoms with Crippen LogP contribution < -0.4 is 0 Å². The monoisotopic (exact) mass is 441 g/mol. The Morgan fingerprint density at radius 2 is 1.84 bits per heavy atom. The number of hydrogen-bond acceptors (Lipinski definition) is 4. The largest absolute Gasteiger partial charge is 0.383 e. The van der Waals surface area contributed by atoms with Crippen LogP contribution in [0.3, 0.4) is 0 Å². The van der Waals surface area contributed by atoms with E-state index in [0.29, 0.717) is 30.0 Å². The average Bonchev–Trinajstić information content (AvgIpc) is 3.55. The highest BCUT2D eigenvalue weighted by molar-refractivity contribution is 6.03. The Bertz CT molecular complexity index is 1020. The summed E-state index contributed by atoms with van der Waals surface area (Å²) < 4.78 is 33.0. The van der Waals surface area contributed by atoms with Crippen molar-refractivity contribution in [3.63, 3.8) is 0 Å². The van der Waals surface area contributed by atoms with E-state index in [0.717, 1.165) is 12.8 Å². The molecule has 8 heteroatoms. The number of hydrogen-bond donors (Lipinski definition) is 0. The van der Waals surface area contributed by atoms with Gasteiger partial charge >= 0.3 is 0 Å². The molecule has 32 heavy (non-hydrogen) atoms. The maximum absolute atomic E-state index is 14.4. The van der Waals surface area contributed by atoms with E-state index in [-0.39, 0.29) is 36.5 Å². The summed E-state index contributed by atoms with van der Waals surface area (Å²) in [6.45, 7) is 0.470. The molecule has 1 heterocycles. The van der Waals surface area contributed by atoms with Gasteiger partial charge in [0.2, 0.25) is 5.91 Å². The number of ether oxygens (including phenoxy) is 1. The first-order valence-corrected chi connectivity index (χ1v) is 10.7. The molecular formula is C24H25F2N3O3. The maximum Gasteiger partial charge on any atom is 0.262 e. The lowest BCUT2D eigenvalue weighted by atomic mass is 9.98. The SMILES string of the molecule is COCCN(CC(=O)N1N=C(c2ccccc2F)C[C@@H]1c1ccc(F)cc1)C(=O)C1CC1. The average molecular weight is 441 g/mol. The maximum atomic E-state index is 14.4. The third kappa shape index (κ3) is 4.85. The van der Waals surface area contributed by atoms with Crippen molar-refractivity contribution in [3.05, 3.63) is 71.3 Å². The van der Waals surface area contributed by atoms with Crippen LogP contribution in [0.2, 0.25) is 0 Å². The van der Waals surface area contributed by atoms with E-state index < -0.39 is 11.9 Å². The zero-order chi connectivity index (χ0) is 22.7. The molecular weight excluding hydrogens is 416 g/mol. The molecule has 1 aliphatic carbocycles. The third-order valence-corrected chi connectivity index (χ3v) is 5.74. The first-order chi connectivity index (χ1) is 15.5. The Kier molecular flexibility index (Phi) is 6.60. The quantitative estimate of drug-likeness (QED) is 0.630. The number of carbonyl (C=O) groups excluding carboxylic acids is 2. The van der Waals surface area contributed by atoms with Crippen LogP contribution in [0.5, 0.6) is 0 Å². The molecule has 4 rings (SSSR count). The first kappa shape index (κ1) is 22.1. The van der Waals surface area contributed by atoms with Crippen LogP contribution in [0, 0.1) is 17.6 Å². The van der Waals surface area contributed by atoms with Gasteiger partial charge in [-0.1, -0.05) is 30.3 Å². The van der Waals surface area contributed by atoms with Crippen molar-refractivity contribution in [1.29, 1.82) is 0 Å². The molecule has 1 fully saturated rings. The number of hydrazone groups is 1. The molecule has 1 saturated carbocycles. The van der Waals surface area contributed by atoms with Crippen molar-refractivity contribution in [3.8, 4) is 0 Å². The highest BCUT2D eigenvalue weighted by Crippen LogP contribution is 2.34. The summed E-state index contributed by atoms with van der Waals surface area (Å²) in [4.78, 5) is 27.5. The van der Waals surface area contributed by atoms with E-state index >= 15 is 0 Å². The number of halogens is 2. The van der Waals surface area contributed by atoms with Gasteiger partial charge in [0.1, 0.15) is 18.2 Å². The van der Waals surface area contributed by atoms with Crippen LogP contribution in [0.4, 0.5) is 8.78 Å². The highest BCUT2D eigenvalue weighted by atomic mass is 19.1. The lowest BCUT2D eigenvalue weighted by Crippen LogP contribution is -2.43. The van der Waals surface area contributed by atoms with Crippen LogP contribution in [-0.4, -0.2) is 54.2 Å². The summed E-state index contributed by atoms with van der Waals surface area (Å²) >= 11 is 0. The third-order valence-electron chi connectivity index (χ3n) is 5.74. The summed E-state index contributed by atoms with van der Waals surface area (Å²) in [7, 11) is 1.54. The molecule has 168 valence electrons. The van der Waals surface area contributed by atoms with E-state index in [1.165, 1.54) is 35.2 Å². The van der Waals surface area contributed by atoms with Gasteiger partial charge in [-0.25, -0.2) is 13.8 Å². The molecule has 0 radical (unpaired) electrons. The summed E-state index contributed by atoms with van der Waals surface area (Å²) in [6, 6.07) is 11.6. The smallest absolute Gasteiger partial charge is 0.262 e. The fourth-order valence-corrected chi connectivity index (χ4v) is 3.84. The zero-order valence-electron chi connectivity index (χ0n) is 17.8. The van der Waals surface area contributed by atoms with Gasteiger partial charge in [0, 0.05) is 31.6 Å². The van der Waals surface area contributed by atoms with Gasteiger partial charge in [-0.15, -0.1) is 0 Å². The molecule has 1 aliphatic heterocycles. The minimum absolute atomic E-state index is 0.0383. The Morgan fingerprint density at radius 3 is 2.50 bits per heavy atom. The van der Waals surface area contributed by atoms with Crippen molar-refractivity contribution in [1.82, 2.24) is 9.91 Å². The van der Waals surface area contributed by atoms with Crippen LogP contribution in [-0.2, 0) is 14.3 Å². The topological polar surface area (TPSA) is 62.2 Å². The Morgan fingerprint density at radius 1 is 1.12 bits per heavy atom. The molecule has 0 N–H and O–H groups in total. The number of nitrogens with zero attached hydrogens (tertiary/aromatic N) is 3. The summed E-state index contributed by atoms with van der Waals surface area (Å²) in [5.41, 5.74) is 1.44. The lowest BCUT2D eigenvalue weighted by molar-refractivity contribution is -0.142. The van der Waals surface area contributed by atoms with Gasteiger partial charge in [0.15, 0.2) is 0 Å². The van der Waals surface area contributed by atoms with Crippen molar-refractivity contribution in [2.45, 2.75) is 25.3 Å². The molecule has 0 unspecified atom stereocenters.